The summed E-state index contributed by atoms with van der Waals surface area (Å²) in [5, 5.41) is 10.2. The van der Waals surface area contributed by atoms with E-state index in [1.165, 1.54) is 16.8 Å². The zero-order valence-electron chi connectivity index (χ0n) is 18.6. The van der Waals surface area contributed by atoms with Gasteiger partial charge in [0, 0.05) is 30.9 Å². The van der Waals surface area contributed by atoms with Crippen LogP contribution >= 0.6 is 0 Å². The maximum atomic E-state index is 10.2. The lowest BCUT2D eigenvalue weighted by atomic mass is 9.79. The molecule has 0 saturated heterocycles. The molecular formula is C25H37NO. The van der Waals surface area contributed by atoms with Crippen molar-refractivity contribution in [3.8, 4) is 5.75 Å². The average molecular weight is 368 g/mol. The van der Waals surface area contributed by atoms with Gasteiger partial charge in [-0.05, 0) is 41.0 Å². The van der Waals surface area contributed by atoms with Gasteiger partial charge < -0.3 is 10.0 Å². The molecular weight excluding hydrogens is 330 g/mol. The molecule has 0 aliphatic heterocycles. The monoisotopic (exact) mass is 367 g/mol. The molecule has 2 nitrogen and oxygen atoms in total. The number of phenolic OH excluding ortho intramolecular Hbond substituents is 1. The molecule has 2 aromatic rings. The van der Waals surface area contributed by atoms with Gasteiger partial charge in [0.1, 0.15) is 5.75 Å². The number of hydrogen-bond donors (Lipinski definition) is 1. The summed E-state index contributed by atoms with van der Waals surface area (Å²) in [6.07, 6.45) is 1.72. The Balaban J connectivity index is 0.000000309. The minimum absolute atomic E-state index is 0.0664. The van der Waals surface area contributed by atoms with E-state index in [9.17, 15) is 5.11 Å². The maximum absolute atomic E-state index is 10.2. The molecule has 0 heterocycles. The van der Waals surface area contributed by atoms with Crippen molar-refractivity contribution in [1.82, 2.24) is 0 Å². The van der Waals surface area contributed by atoms with E-state index in [1.807, 2.05) is 6.07 Å². The number of phenols is 1. The molecule has 0 saturated carbocycles. The number of aromatic hydroxyl groups is 1. The molecule has 0 unspecified atom stereocenters. The Labute approximate surface area is 166 Å². The van der Waals surface area contributed by atoms with Gasteiger partial charge >= 0.3 is 0 Å². The van der Waals surface area contributed by atoms with Crippen LogP contribution in [0.3, 0.4) is 0 Å². The molecule has 0 atom stereocenters. The first-order chi connectivity index (χ1) is 12.3. The zero-order chi connectivity index (χ0) is 21.0. The normalized spacial score (nSPS) is 11.4. The smallest absolute Gasteiger partial charge is 0.126 e. The lowest BCUT2D eigenvalue weighted by Crippen LogP contribution is -2.17. The van der Waals surface area contributed by atoms with Crippen molar-refractivity contribution in [2.45, 2.75) is 59.3 Å². The van der Waals surface area contributed by atoms with Crippen LogP contribution in [0, 0.1) is 6.92 Å². The third-order valence-electron chi connectivity index (χ3n) is 4.63. The van der Waals surface area contributed by atoms with E-state index in [2.05, 4.69) is 104 Å². The second-order valence-corrected chi connectivity index (χ2v) is 9.35. The van der Waals surface area contributed by atoms with Gasteiger partial charge in [-0.1, -0.05) is 78.5 Å². The van der Waals surface area contributed by atoms with Gasteiger partial charge in [-0.3, -0.25) is 0 Å². The highest BCUT2D eigenvalue weighted by atomic mass is 16.3. The van der Waals surface area contributed by atoms with E-state index in [0.717, 1.165) is 11.1 Å². The molecule has 2 rings (SSSR count). The van der Waals surface area contributed by atoms with Gasteiger partial charge in [0.15, 0.2) is 0 Å². The second-order valence-electron chi connectivity index (χ2n) is 9.35. The van der Waals surface area contributed by atoms with Crippen LogP contribution in [0.5, 0.6) is 5.75 Å². The third kappa shape index (κ3) is 6.16. The molecule has 0 fully saturated rings. The highest BCUT2D eigenvalue weighted by molar-refractivity contribution is 5.61. The molecule has 2 heteroatoms. The predicted molar refractivity (Wildman–Crippen MR) is 121 cm³/mol. The van der Waals surface area contributed by atoms with Crippen LogP contribution in [0.1, 0.15) is 63.8 Å². The van der Waals surface area contributed by atoms with Crippen LogP contribution in [-0.2, 0) is 10.8 Å². The summed E-state index contributed by atoms with van der Waals surface area (Å²) in [6.45, 7) is 18.8. The summed E-state index contributed by atoms with van der Waals surface area (Å²) in [7, 11) is 4.12. The molecule has 0 aromatic heterocycles. The summed E-state index contributed by atoms with van der Waals surface area (Å²) in [5.74, 6) is 0.362. The fourth-order valence-corrected chi connectivity index (χ4v) is 2.88. The molecule has 27 heavy (non-hydrogen) atoms. The topological polar surface area (TPSA) is 23.5 Å². The van der Waals surface area contributed by atoms with Crippen LogP contribution < -0.4 is 4.90 Å². The quantitative estimate of drug-likeness (QED) is 0.639. The van der Waals surface area contributed by atoms with Crippen molar-refractivity contribution in [3.63, 3.8) is 0 Å². The van der Waals surface area contributed by atoms with Crippen molar-refractivity contribution in [3.05, 3.63) is 65.2 Å². The number of hydrogen-bond acceptors (Lipinski definition) is 2. The van der Waals surface area contributed by atoms with Crippen LogP contribution in [0.4, 0.5) is 5.69 Å². The van der Waals surface area contributed by atoms with Crippen LogP contribution in [0.2, 0.25) is 0 Å². The number of aryl methyl sites for hydroxylation is 1. The van der Waals surface area contributed by atoms with Gasteiger partial charge in [0.2, 0.25) is 0 Å². The number of benzene rings is 2. The van der Waals surface area contributed by atoms with Crippen molar-refractivity contribution in [2.75, 3.05) is 19.0 Å². The van der Waals surface area contributed by atoms with Crippen molar-refractivity contribution in [2.24, 2.45) is 0 Å². The Morgan fingerprint density at radius 3 is 1.85 bits per heavy atom. The SMILES string of the molecule is C=Cc1cc(C(C)(C)C)cc(C(C)(C)C)c1O.Cc1ccccc1N(C)C. The first-order valence-corrected chi connectivity index (χ1v) is 9.52. The molecule has 0 radical (unpaired) electrons. The van der Waals surface area contributed by atoms with E-state index >= 15 is 0 Å². The average Bonchev–Trinajstić information content (AvgIpc) is 2.53. The van der Waals surface area contributed by atoms with E-state index in [0.29, 0.717) is 5.75 Å². The largest absolute Gasteiger partial charge is 0.507 e. The summed E-state index contributed by atoms with van der Waals surface area (Å²) in [6, 6.07) is 12.5. The molecule has 2 aromatic carbocycles. The fourth-order valence-electron chi connectivity index (χ4n) is 2.88. The number of anilines is 1. The lowest BCUT2D eigenvalue weighted by Gasteiger charge is -2.27. The zero-order valence-corrected chi connectivity index (χ0v) is 18.6. The van der Waals surface area contributed by atoms with Gasteiger partial charge in [0.25, 0.3) is 0 Å². The van der Waals surface area contributed by atoms with Crippen molar-refractivity contribution in [1.29, 1.82) is 0 Å². The first-order valence-electron chi connectivity index (χ1n) is 9.52. The maximum Gasteiger partial charge on any atom is 0.126 e. The lowest BCUT2D eigenvalue weighted by molar-refractivity contribution is 0.443. The van der Waals surface area contributed by atoms with E-state index < -0.39 is 0 Å². The van der Waals surface area contributed by atoms with Gasteiger partial charge in [0.05, 0.1) is 0 Å². The first kappa shape index (κ1) is 22.8. The summed E-state index contributed by atoms with van der Waals surface area (Å²) in [5.41, 5.74) is 5.67. The molecule has 0 bridgehead atoms. The summed E-state index contributed by atoms with van der Waals surface area (Å²) >= 11 is 0. The van der Waals surface area contributed by atoms with Gasteiger partial charge in [-0.2, -0.15) is 0 Å². The van der Waals surface area contributed by atoms with Gasteiger partial charge in [-0.25, -0.2) is 0 Å². The Morgan fingerprint density at radius 1 is 0.926 bits per heavy atom. The number of rotatable bonds is 2. The Morgan fingerprint density at radius 2 is 1.48 bits per heavy atom. The second kappa shape index (κ2) is 8.65. The minimum atomic E-state index is -0.0664. The van der Waals surface area contributed by atoms with Crippen LogP contribution in [0.15, 0.2) is 43.0 Å². The highest BCUT2D eigenvalue weighted by Gasteiger charge is 2.23. The standard InChI is InChI=1S/C16H24O.C9H13N/c1-8-11-9-12(15(2,3)4)10-13(14(11)17)16(5,6)7;1-8-6-4-5-7-9(8)10(2)3/h8-10,17H,1H2,2-7H3;4-7H,1-3H3. The molecule has 0 amide bonds. The molecule has 1 N–H and O–H groups in total. The minimum Gasteiger partial charge on any atom is -0.507 e. The number of para-hydroxylation sites is 1. The van der Waals surface area contributed by atoms with E-state index in [4.69, 9.17) is 0 Å². The predicted octanol–water partition coefficient (Wildman–Crippen LogP) is 6.69. The Hall–Kier alpha value is -2.22. The van der Waals surface area contributed by atoms with Crippen LogP contribution in [-0.4, -0.2) is 19.2 Å². The van der Waals surface area contributed by atoms with Crippen molar-refractivity contribution < 1.29 is 5.11 Å². The fraction of sp³-hybridized carbons (Fsp3) is 0.440. The highest BCUT2D eigenvalue weighted by Crippen LogP contribution is 2.37. The number of nitrogens with zero attached hydrogens (tertiary/aromatic N) is 1. The Kier molecular flexibility index (Phi) is 7.31. The molecule has 0 aliphatic carbocycles. The van der Waals surface area contributed by atoms with Gasteiger partial charge in [-0.15, -0.1) is 0 Å². The Bertz CT molecular complexity index is 774. The molecule has 0 spiro atoms. The summed E-state index contributed by atoms with van der Waals surface area (Å²) < 4.78 is 0. The molecule has 148 valence electrons. The van der Waals surface area contributed by atoms with Crippen molar-refractivity contribution >= 4 is 11.8 Å². The van der Waals surface area contributed by atoms with E-state index in [-0.39, 0.29) is 10.8 Å². The third-order valence-corrected chi connectivity index (χ3v) is 4.63. The van der Waals surface area contributed by atoms with Crippen LogP contribution in [0.25, 0.3) is 6.08 Å². The molecule has 0 aliphatic rings. The summed E-state index contributed by atoms with van der Waals surface area (Å²) in [4.78, 5) is 2.12. The van der Waals surface area contributed by atoms with E-state index in [1.54, 1.807) is 6.08 Å².